The molecule has 1 atom stereocenters. The lowest BCUT2D eigenvalue weighted by Crippen LogP contribution is -2.39. The highest BCUT2D eigenvalue weighted by Gasteiger charge is 2.20. The molecule has 0 aliphatic carbocycles. The molecular weight excluding hydrogens is 438 g/mol. The average molecular weight is 472 g/mol. The standard InChI is InChI=1S/C25H33N3O4S/c29-21-7-6-20(24-23(21)27-25(31)33-24)22(30)17-26-16-19-8-11-28(12-9-19)13-15-32-14-10-18-4-2-1-3-5-18/h1-7,19,22,26,29-30H,8-17H2,(H,27,31)/t22-/m0/s1. The topological polar surface area (TPSA) is 97.8 Å². The van der Waals surface area contributed by atoms with Gasteiger partial charge in [0.1, 0.15) is 11.3 Å². The maximum absolute atomic E-state index is 11.7. The van der Waals surface area contributed by atoms with Crippen molar-refractivity contribution in [2.75, 3.05) is 45.9 Å². The van der Waals surface area contributed by atoms with E-state index < -0.39 is 6.10 Å². The number of aliphatic hydroxyl groups excluding tert-OH is 1. The second-order valence-corrected chi connectivity index (χ2v) is 9.68. The van der Waals surface area contributed by atoms with Gasteiger partial charge in [-0.15, -0.1) is 0 Å². The minimum absolute atomic E-state index is 0.0283. The minimum Gasteiger partial charge on any atom is -0.506 e. The Morgan fingerprint density at radius 3 is 2.73 bits per heavy atom. The summed E-state index contributed by atoms with van der Waals surface area (Å²) in [6, 6.07) is 13.6. The molecule has 0 bridgehead atoms. The zero-order chi connectivity index (χ0) is 23.0. The van der Waals surface area contributed by atoms with Crippen molar-refractivity contribution < 1.29 is 14.9 Å². The van der Waals surface area contributed by atoms with Crippen LogP contribution in [0.5, 0.6) is 5.75 Å². The number of aromatic nitrogens is 1. The molecule has 1 aromatic heterocycles. The van der Waals surface area contributed by atoms with Gasteiger partial charge in [-0.3, -0.25) is 4.79 Å². The molecule has 0 saturated carbocycles. The van der Waals surface area contributed by atoms with Crippen molar-refractivity contribution in [1.82, 2.24) is 15.2 Å². The van der Waals surface area contributed by atoms with Crippen molar-refractivity contribution in [2.24, 2.45) is 5.92 Å². The Kier molecular flexibility index (Phi) is 8.52. The van der Waals surface area contributed by atoms with Gasteiger partial charge in [-0.2, -0.15) is 0 Å². The van der Waals surface area contributed by atoms with E-state index in [9.17, 15) is 15.0 Å². The number of aromatic amines is 1. The second-order valence-electron chi connectivity index (χ2n) is 8.70. The maximum atomic E-state index is 11.7. The van der Waals surface area contributed by atoms with E-state index in [4.69, 9.17) is 4.74 Å². The third kappa shape index (κ3) is 6.65. The van der Waals surface area contributed by atoms with Crippen LogP contribution >= 0.6 is 11.3 Å². The maximum Gasteiger partial charge on any atom is 0.305 e. The normalized spacial score (nSPS) is 16.4. The predicted octanol–water partition coefficient (Wildman–Crippen LogP) is 2.89. The molecular formula is C25H33N3O4S. The van der Waals surface area contributed by atoms with Crippen molar-refractivity contribution in [3.8, 4) is 5.75 Å². The van der Waals surface area contributed by atoms with Gasteiger partial charge in [0.2, 0.25) is 0 Å². The van der Waals surface area contributed by atoms with Gasteiger partial charge in [0.25, 0.3) is 0 Å². The lowest BCUT2D eigenvalue weighted by molar-refractivity contribution is 0.0892. The number of aromatic hydroxyl groups is 1. The number of fused-ring (bicyclic) bond motifs is 1. The quantitative estimate of drug-likeness (QED) is 0.321. The number of phenols is 1. The predicted molar refractivity (Wildman–Crippen MR) is 132 cm³/mol. The number of nitrogens with zero attached hydrogens (tertiary/aromatic N) is 1. The number of ether oxygens (including phenoxy) is 1. The molecule has 2 heterocycles. The number of phenolic OH excluding ortho intramolecular Hbond substituents is 1. The molecule has 1 aliphatic heterocycles. The van der Waals surface area contributed by atoms with E-state index in [2.05, 4.69) is 39.5 Å². The average Bonchev–Trinajstić information content (AvgIpc) is 3.23. The van der Waals surface area contributed by atoms with Crippen LogP contribution in [0.2, 0.25) is 0 Å². The Labute approximate surface area is 198 Å². The number of aliphatic hydroxyl groups is 1. The molecule has 0 spiro atoms. The van der Waals surface area contributed by atoms with Crippen molar-refractivity contribution in [3.05, 3.63) is 63.3 Å². The van der Waals surface area contributed by atoms with Gasteiger partial charge >= 0.3 is 4.87 Å². The summed E-state index contributed by atoms with van der Waals surface area (Å²) in [4.78, 5) is 16.5. The van der Waals surface area contributed by atoms with Crippen molar-refractivity contribution in [1.29, 1.82) is 0 Å². The molecule has 7 nitrogen and oxygen atoms in total. The summed E-state index contributed by atoms with van der Waals surface area (Å²) in [5, 5.41) is 23.9. The number of benzene rings is 2. The minimum atomic E-state index is -0.729. The molecule has 4 rings (SSSR count). The van der Waals surface area contributed by atoms with E-state index in [0.29, 0.717) is 28.2 Å². The number of thiazole rings is 1. The summed E-state index contributed by atoms with van der Waals surface area (Å²) < 4.78 is 6.44. The van der Waals surface area contributed by atoms with Crippen LogP contribution < -0.4 is 10.2 Å². The van der Waals surface area contributed by atoms with Crippen LogP contribution in [-0.2, 0) is 11.2 Å². The largest absolute Gasteiger partial charge is 0.506 e. The van der Waals surface area contributed by atoms with Gasteiger partial charge < -0.3 is 30.2 Å². The van der Waals surface area contributed by atoms with E-state index in [-0.39, 0.29) is 10.6 Å². The molecule has 0 amide bonds. The van der Waals surface area contributed by atoms with Gasteiger partial charge in [-0.05, 0) is 56.4 Å². The zero-order valence-corrected chi connectivity index (χ0v) is 19.7. The van der Waals surface area contributed by atoms with Crippen molar-refractivity contribution in [2.45, 2.75) is 25.4 Å². The van der Waals surface area contributed by atoms with Gasteiger partial charge in [0.05, 0.1) is 24.0 Å². The molecule has 1 fully saturated rings. The van der Waals surface area contributed by atoms with Crippen molar-refractivity contribution in [3.63, 3.8) is 0 Å². The highest BCUT2D eigenvalue weighted by molar-refractivity contribution is 7.16. The van der Waals surface area contributed by atoms with E-state index in [1.165, 1.54) is 11.6 Å². The summed E-state index contributed by atoms with van der Waals surface area (Å²) in [6.45, 7) is 5.95. The zero-order valence-electron chi connectivity index (χ0n) is 18.8. The summed E-state index contributed by atoms with van der Waals surface area (Å²) in [6.07, 6.45) is 2.50. The molecule has 33 heavy (non-hydrogen) atoms. The smallest absolute Gasteiger partial charge is 0.305 e. The molecule has 0 unspecified atom stereocenters. The number of hydrogen-bond donors (Lipinski definition) is 4. The number of rotatable bonds is 11. The summed E-state index contributed by atoms with van der Waals surface area (Å²) >= 11 is 1.02. The van der Waals surface area contributed by atoms with E-state index in [1.807, 2.05) is 6.07 Å². The monoisotopic (exact) mass is 471 g/mol. The number of H-pyrrole nitrogens is 1. The van der Waals surface area contributed by atoms with Gasteiger partial charge in [-0.25, -0.2) is 0 Å². The van der Waals surface area contributed by atoms with Crippen LogP contribution in [0.15, 0.2) is 47.3 Å². The first kappa shape index (κ1) is 23.9. The Balaban J connectivity index is 1.11. The number of likely N-dealkylation sites (tertiary alicyclic amines) is 1. The van der Waals surface area contributed by atoms with Crippen LogP contribution in [0, 0.1) is 5.92 Å². The Bertz CT molecular complexity index is 1060. The fourth-order valence-corrected chi connectivity index (χ4v) is 5.30. The van der Waals surface area contributed by atoms with Gasteiger partial charge in [-0.1, -0.05) is 47.7 Å². The highest BCUT2D eigenvalue weighted by Crippen LogP contribution is 2.31. The molecule has 1 saturated heterocycles. The Morgan fingerprint density at radius 2 is 1.94 bits per heavy atom. The van der Waals surface area contributed by atoms with Crippen LogP contribution in [0.25, 0.3) is 10.2 Å². The first-order valence-electron chi connectivity index (χ1n) is 11.7. The first-order valence-corrected chi connectivity index (χ1v) is 12.5. The lowest BCUT2D eigenvalue weighted by atomic mass is 9.96. The fraction of sp³-hybridized carbons (Fsp3) is 0.480. The third-order valence-electron chi connectivity index (χ3n) is 6.35. The molecule has 4 N–H and O–H groups in total. The van der Waals surface area contributed by atoms with E-state index in [1.54, 1.807) is 6.07 Å². The molecule has 1 aliphatic rings. The summed E-state index contributed by atoms with van der Waals surface area (Å²) in [5.74, 6) is 0.621. The molecule has 2 aromatic carbocycles. The van der Waals surface area contributed by atoms with Crippen LogP contribution in [0.3, 0.4) is 0 Å². The third-order valence-corrected chi connectivity index (χ3v) is 7.29. The number of nitrogens with one attached hydrogen (secondary N) is 2. The second kappa shape index (κ2) is 11.8. The van der Waals surface area contributed by atoms with Gasteiger partial charge in [0, 0.05) is 18.7 Å². The van der Waals surface area contributed by atoms with Gasteiger partial charge in [0.15, 0.2) is 0 Å². The molecule has 0 radical (unpaired) electrons. The summed E-state index contributed by atoms with van der Waals surface area (Å²) in [7, 11) is 0. The van der Waals surface area contributed by atoms with Crippen LogP contribution in [0.1, 0.15) is 30.1 Å². The SMILES string of the molecule is O=c1[nH]c2c(O)ccc([C@@H](O)CNCC3CCN(CCOCCc4ccccc4)CC3)c2s1. The van der Waals surface area contributed by atoms with Crippen molar-refractivity contribution >= 4 is 21.6 Å². The fourth-order valence-electron chi connectivity index (χ4n) is 4.38. The summed E-state index contributed by atoms with van der Waals surface area (Å²) in [5.41, 5.74) is 2.38. The van der Waals surface area contributed by atoms with E-state index in [0.717, 1.165) is 70.0 Å². The van der Waals surface area contributed by atoms with E-state index >= 15 is 0 Å². The molecule has 3 aromatic rings. The Morgan fingerprint density at radius 1 is 1.15 bits per heavy atom. The first-order chi connectivity index (χ1) is 16.1. The Hall–Kier alpha value is -2.23. The molecule has 8 heteroatoms. The van der Waals surface area contributed by atoms with Crippen LogP contribution in [-0.4, -0.2) is 66.0 Å². The lowest BCUT2D eigenvalue weighted by Gasteiger charge is -2.32. The molecule has 178 valence electrons. The van der Waals surface area contributed by atoms with Crippen LogP contribution in [0.4, 0.5) is 0 Å². The highest BCUT2D eigenvalue weighted by atomic mass is 32.1. The number of hydrogen-bond acceptors (Lipinski definition) is 7. The number of piperidine rings is 1.